The number of hydrogen-bond acceptors (Lipinski definition) is 7. The van der Waals surface area contributed by atoms with Crippen LogP contribution in [0.25, 0.3) is 0 Å². The number of rotatable bonds is 6. The lowest BCUT2D eigenvalue weighted by molar-refractivity contribution is -0.119. The Balaban J connectivity index is 1.84. The lowest BCUT2D eigenvalue weighted by Crippen LogP contribution is -2.15. The summed E-state index contributed by atoms with van der Waals surface area (Å²) in [5.41, 5.74) is -0.160. The van der Waals surface area contributed by atoms with Crippen LogP contribution in [-0.4, -0.2) is 33.7 Å². The van der Waals surface area contributed by atoms with Crippen LogP contribution >= 0.6 is 0 Å². The van der Waals surface area contributed by atoms with Crippen molar-refractivity contribution >= 4 is 11.7 Å². The third kappa shape index (κ3) is 2.95. The Bertz CT molecular complexity index is 631. The summed E-state index contributed by atoms with van der Waals surface area (Å²) in [5, 5.41) is 17.4. The van der Waals surface area contributed by atoms with Crippen molar-refractivity contribution in [3.8, 4) is 5.88 Å². The van der Waals surface area contributed by atoms with Crippen LogP contribution in [0.3, 0.4) is 0 Å². The van der Waals surface area contributed by atoms with Crippen molar-refractivity contribution in [3.63, 3.8) is 0 Å². The molecular formula is C14H18N4O4. The first-order valence-corrected chi connectivity index (χ1v) is 7.41. The lowest BCUT2D eigenvalue weighted by atomic mass is 10.2. The predicted molar refractivity (Wildman–Crippen MR) is 76.0 cm³/mol. The van der Waals surface area contributed by atoms with Crippen molar-refractivity contribution in [2.24, 2.45) is 10.2 Å². The molecule has 0 radical (unpaired) electrons. The van der Waals surface area contributed by atoms with Gasteiger partial charge in [-0.3, -0.25) is 9.36 Å². The standard InChI is InChI=1S/C14H18N4O4/c1-2-6-21-11-8-15-14(18(11)9-3-4-9)17-16-12-10(19)5-7-22-13(12)20/h8-9,20H,2-7H2,1H3. The molecular weight excluding hydrogens is 288 g/mol. The summed E-state index contributed by atoms with van der Waals surface area (Å²) >= 11 is 0. The molecule has 8 nitrogen and oxygen atoms in total. The SMILES string of the molecule is CCCOc1cnc(N=NC2=C(O)OCCC2=O)n1C1CC1. The highest BCUT2D eigenvalue weighted by atomic mass is 16.6. The molecule has 1 aliphatic carbocycles. The minimum absolute atomic E-state index is 0.160. The Morgan fingerprint density at radius 3 is 3.00 bits per heavy atom. The molecule has 8 heteroatoms. The highest BCUT2D eigenvalue weighted by Gasteiger charge is 2.30. The largest absolute Gasteiger partial charge is 0.479 e. The number of aromatic nitrogens is 2. The van der Waals surface area contributed by atoms with Crippen LogP contribution in [0.2, 0.25) is 0 Å². The molecule has 0 unspecified atom stereocenters. The fourth-order valence-electron chi connectivity index (χ4n) is 2.14. The number of ether oxygens (including phenoxy) is 2. The second kappa shape index (κ2) is 6.17. The molecule has 1 fully saturated rings. The number of hydrogen-bond donors (Lipinski definition) is 1. The molecule has 0 atom stereocenters. The zero-order valence-corrected chi connectivity index (χ0v) is 12.4. The van der Waals surface area contributed by atoms with E-state index in [4.69, 9.17) is 9.47 Å². The zero-order valence-electron chi connectivity index (χ0n) is 12.4. The van der Waals surface area contributed by atoms with Crippen molar-refractivity contribution in [2.45, 2.75) is 38.6 Å². The summed E-state index contributed by atoms with van der Waals surface area (Å²) < 4.78 is 12.4. The van der Waals surface area contributed by atoms with Gasteiger partial charge < -0.3 is 14.6 Å². The smallest absolute Gasteiger partial charge is 0.309 e. The van der Waals surface area contributed by atoms with Gasteiger partial charge in [-0.15, -0.1) is 10.2 Å². The van der Waals surface area contributed by atoms with Gasteiger partial charge in [0.25, 0.3) is 5.95 Å². The maximum Gasteiger partial charge on any atom is 0.309 e. The summed E-state index contributed by atoms with van der Waals surface area (Å²) in [5.74, 6) is 0.251. The highest BCUT2D eigenvalue weighted by Crippen LogP contribution is 2.41. The summed E-state index contributed by atoms with van der Waals surface area (Å²) in [7, 11) is 0. The molecule has 1 saturated carbocycles. The van der Waals surface area contributed by atoms with Crippen LogP contribution in [-0.2, 0) is 9.53 Å². The van der Waals surface area contributed by atoms with Gasteiger partial charge in [0.15, 0.2) is 5.78 Å². The van der Waals surface area contributed by atoms with Gasteiger partial charge in [-0.1, -0.05) is 6.92 Å². The minimum atomic E-state index is -0.480. The number of ketones is 1. The Hall–Kier alpha value is -2.38. The van der Waals surface area contributed by atoms with Gasteiger partial charge in [-0.05, 0) is 19.3 Å². The lowest BCUT2D eigenvalue weighted by Gasteiger charge is -2.11. The molecule has 1 aliphatic heterocycles. The minimum Gasteiger partial charge on any atom is -0.479 e. The molecule has 0 bridgehead atoms. The molecule has 1 aromatic heterocycles. The maximum absolute atomic E-state index is 11.7. The number of azo groups is 1. The van der Waals surface area contributed by atoms with Crippen molar-refractivity contribution in [2.75, 3.05) is 13.2 Å². The second-order valence-corrected chi connectivity index (χ2v) is 5.22. The molecule has 1 aromatic rings. The molecule has 2 heterocycles. The van der Waals surface area contributed by atoms with Crippen LogP contribution in [0.1, 0.15) is 38.6 Å². The Morgan fingerprint density at radius 1 is 1.50 bits per heavy atom. The van der Waals surface area contributed by atoms with Gasteiger partial charge >= 0.3 is 5.95 Å². The number of aliphatic hydroxyl groups is 1. The van der Waals surface area contributed by atoms with Gasteiger partial charge in [0.1, 0.15) is 0 Å². The first-order chi connectivity index (χ1) is 10.7. The Kier molecular flexibility index (Phi) is 4.08. The van der Waals surface area contributed by atoms with Crippen LogP contribution < -0.4 is 4.74 Å². The average molecular weight is 306 g/mol. The Morgan fingerprint density at radius 2 is 2.32 bits per heavy atom. The summed E-state index contributed by atoms with van der Waals surface area (Å²) in [6.45, 7) is 2.80. The number of carbonyl (C=O) groups excluding carboxylic acids is 1. The summed E-state index contributed by atoms with van der Waals surface area (Å²) in [6.07, 6.45) is 4.77. The van der Waals surface area contributed by atoms with Crippen molar-refractivity contribution in [3.05, 3.63) is 17.8 Å². The van der Waals surface area contributed by atoms with Gasteiger partial charge in [0, 0.05) is 12.5 Å². The quantitative estimate of drug-likeness (QED) is 0.815. The molecule has 2 aliphatic rings. The van der Waals surface area contributed by atoms with E-state index in [0.29, 0.717) is 24.5 Å². The molecule has 1 N–H and O–H groups in total. The fraction of sp³-hybridized carbons (Fsp3) is 0.571. The first kappa shape index (κ1) is 14.6. The number of nitrogens with zero attached hydrogens (tertiary/aromatic N) is 4. The van der Waals surface area contributed by atoms with Gasteiger partial charge in [-0.2, -0.15) is 0 Å². The van der Waals surface area contributed by atoms with Gasteiger partial charge in [0.05, 0.1) is 19.4 Å². The maximum atomic E-state index is 11.7. The molecule has 0 aromatic carbocycles. The van der Waals surface area contributed by atoms with Crippen LogP contribution in [0, 0.1) is 0 Å². The molecule has 22 heavy (non-hydrogen) atoms. The first-order valence-electron chi connectivity index (χ1n) is 7.41. The van der Waals surface area contributed by atoms with Gasteiger partial charge in [0.2, 0.25) is 11.6 Å². The number of allylic oxidation sites excluding steroid dienone is 1. The molecule has 0 amide bonds. The monoisotopic (exact) mass is 306 g/mol. The van der Waals surface area contributed by atoms with E-state index in [9.17, 15) is 9.90 Å². The van der Waals surface area contributed by atoms with E-state index in [-0.39, 0.29) is 24.5 Å². The number of carbonyl (C=O) groups is 1. The van der Waals surface area contributed by atoms with Crippen molar-refractivity contribution < 1.29 is 19.4 Å². The molecule has 3 rings (SSSR count). The summed E-state index contributed by atoms with van der Waals surface area (Å²) in [4.78, 5) is 15.9. The topological polar surface area (TPSA) is 98.3 Å². The third-order valence-electron chi connectivity index (χ3n) is 3.38. The van der Waals surface area contributed by atoms with E-state index >= 15 is 0 Å². The van der Waals surface area contributed by atoms with E-state index < -0.39 is 5.95 Å². The van der Waals surface area contributed by atoms with Crippen LogP contribution in [0.15, 0.2) is 28.1 Å². The Labute approximate surface area is 127 Å². The van der Waals surface area contributed by atoms with Crippen LogP contribution in [0.5, 0.6) is 5.88 Å². The second-order valence-electron chi connectivity index (χ2n) is 5.22. The fourth-order valence-corrected chi connectivity index (χ4v) is 2.14. The van der Waals surface area contributed by atoms with Crippen molar-refractivity contribution in [1.82, 2.24) is 9.55 Å². The predicted octanol–water partition coefficient (Wildman–Crippen LogP) is 2.81. The van der Waals surface area contributed by atoms with E-state index in [2.05, 4.69) is 15.2 Å². The normalized spacial score (nSPS) is 18.9. The van der Waals surface area contributed by atoms with Gasteiger partial charge in [-0.25, -0.2) is 4.98 Å². The zero-order chi connectivity index (χ0) is 15.5. The highest BCUT2D eigenvalue weighted by molar-refractivity contribution is 5.95. The average Bonchev–Trinajstić information content (AvgIpc) is 3.26. The van der Waals surface area contributed by atoms with E-state index in [1.165, 1.54) is 0 Å². The number of Topliss-reactive ketones (excluding diaryl/α,β-unsaturated/α-hetero) is 1. The van der Waals surface area contributed by atoms with E-state index in [1.807, 2.05) is 11.5 Å². The summed E-state index contributed by atoms with van der Waals surface area (Å²) in [6, 6.07) is 0.309. The van der Waals surface area contributed by atoms with Crippen LogP contribution in [0.4, 0.5) is 5.95 Å². The number of imidazole rings is 1. The van der Waals surface area contributed by atoms with E-state index in [0.717, 1.165) is 19.3 Å². The molecule has 0 spiro atoms. The molecule has 0 saturated heterocycles. The number of aliphatic hydroxyl groups excluding tert-OH is 1. The van der Waals surface area contributed by atoms with E-state index in [1.54, 1.807) is 6.20 Å². The third-order valence-corrected chi connectivity index (χ3v) is 3.38. The molecule has 118 valence electrons. The van der Waals surface area contributed by atoms with Crippen molar-refractivity contribution in [1.29, 1.82) is 0 Å².